The summed E-state index contributed by atoms with van der Waals surface area (Å²) < 4.78 is 2.92. The number of rotatable bonds is 5. The summed E-state index contributed by atoms with van der Waals surface area (Å²) in [6.07, 6.45) is 2.93. The lowest BCUT2D eigenvalue weighted by Gasteiger charge is -2.08. The van der Waals surface area contributed by atoms with E-state index in [1.54, 1.807) is 31.2 Å². The number of carbonyl (C=O) groups is 1. The van der Waals surface area contributed by atoms with Crippen LogP contribution in [-0.4, -0.2) is 42.2 Å². The molecule has 0 radical (unpaired) electrons. The van der Waals surface area contributed by atoms with Crippen LogP contribution in [0.15, 0.2) is 47.8 Å². The van der Waals surface area contributed by atoms with Crippen molar-refractivity contribution >= 4 is 5.91 Å². The van der Waals surface area contributed by atoms with E-state index in [1.807, 2.05) is 0 Å². The highest BCUT2D eigenvalue weighted by molar-refractivity contribution is 5.94. The molecule has 2 heterocycles. The predicted octanol–water partition coefficient (Wildman–Crippen LogP) is -0.0426. The van der Waals surface area contributed by atoms with Gasteiger partial charge in [0.1, 0.15) is 6.33 Å². The van der Waals surface area contributed by atoms with Gasteiger partial charge in [0.2, 0.25) is 0 Å². The van der Waals surface area contributed by atoms with Crippen molar-refractivity contribution in [3.63, 3.8) is 0 Å². The van der Waals surface area contributed by atoms with Crippen LogP contribution in [0.3, 0.4) is 0 Å². The Hall–Kier alpha value is -3.36. The van der Waals surface area contributed by atoms with Crippen molar-refractivity contribution in [1.29, 1.82) is 0 Å². The molecule has 1 N–H and O–H groups in total. The SMILES string of the molecule is Cc1cc(=O)n(CCNC(=O)c2cccc(-n3cnnn3)c2)cn1. The number of tetrazole rings is 1. The third-order valence-corrected chi connectivity index (χ3v) is 3.38. The minimum absolute atomic E-state index is 0.141. The molecule has 24 heavy (non-hydrogen) atoms. The summed E-state index contributed by atoms with van der Waals surface area (Å²) in [5.41, 5.74) is 1.70. The molecule has 0 aliphatic heterocycles. The fourth-order valence-corrected chi connectivity index (χ4v) is 2.15. The van der Waals surface area contributed by atoms with Crippen molar-refractivity contribution in [3.05, 3.63) is 64.6 Å². The summed E-state index contributed by atoms with van der Waals surface area (Å²) in [6, 6.07) is 8.39. The molecule has 0 saturated carbocycles. The number of hydrogen-bond donors (Lipinski definition) is 1. The van der Waals surface area contributed by atoms with Gasteiger partial charge in [-0.05, 0) is 35.5 Å². The molecule has 0 aliphatic carbocycles. The zero-order valence-corrected chi connectivity index (χ0v) is 13.0. The van der Waals surface area contributed by atoms with Crippen molar-refractivity contribution in [1.82, 2.24) is 35.1 Å². The van der Waals surface area contributed by atoms with Crippen LogP contribution in [0.2, 0.25) is 0 Å². The zero-order chi connectivity index (χ0) is 16.9. The van der Waals surface area contributed by atoms with Gasteiger partial charge in [0.15, 0.2) is 0 Å². The molecule has 1 amide bonds. The first-order chi connectivity index (χ1) is 11.6. The molecule has 0 spiro atoms. The van der Waals surface area contributed by atoms with Gasteiger partial charge in [0, 0.05) is 30.4 Å². The van der Waals surface area contributed by atoms with E-state index in [4.69, 9.17) is 0 Å². The molecule has 0 saturated heterocycles. The maximum absolute atomic E-state index is 12.2. The number of nitrogens with one attached hydrogen (secondary N) is 1. The number of carbonyl (C=O) groups excluding carboxylic acids is 1. The first-order valence-corrected chi connectivity index (χ1v) is 7.28. The van der Waals surface area contributed by atoms with Crippen molar-refractivity contribution in [2.24, 2.45) is 0 Å². The van der Waals surface area contributed by atoms with Crippen LogP contribution >= 0.6 is 0 Å². The first kappa shape index (κ1) is 15.5. The molecule has 0 atom stereocenters. The lowest BCUT2D eigenvalue weighted by atomic mass is 10.2. The molecule has 0 fully saturated rings. The van der Waals surface area contributed by atoms with Crippen LogP contribution in [-0.2, 0) is 6.54 Å². The van der Waals surface area contributed by atoms with Crippen LogP contribution in [0, 0.1) is 6.92 Å². The van der Waals surface area contributed by atoms with E-state index in [2.05, 4.69) is 25.8 Å². The fraction of sp³-hybridized carbons (Fsp3) is 0.200. The van der Waals surface area contributed by atoms with Crippen LogP contribution in [0.25, 0.3) is 5.69 Å². The van der Waals surface area contributed by atoms with E-state index in [-0.39, 0.29) is 11.5 Å². The standard InChI is InChI=1S/C15H15N7O2/c1-11-7-14(23)21(9-17-11)6-5-16-15(24)12-3-2-4-13(8-12)22-10-18-19-20-22/h2-4,7-10H,5-6H2,1H3,(H,16,24). The molecular formula is C15H15N7O2. The van der Waals surface area contributed by atoms with Gasteiger partial charge in [-0.2, -0.15) is 0 Å². The number of nitrogens with zero attached hydrogens (tertiary/aromatic N) is 6. The fourth-order valence-electron chi connectivity index (χ4n) is 2.15. The van der Waals surface area contributed by atoms with Gasteiger partial charge in [-0.25, -0.2) is 9.67 Å². The largest absolute Gasteiger partial charge is 0.350 e. The Bertz CT molecular complexity index is 902. The van der Waals surface area contributed by atoms with E-state index in [9.17, 15) is 9.59 Å². The van der Waals surface area contributed by atoms with Gasteiger partial charge >= 0.3 is 0 Å². The normalized spacial score (nSPS) is 10.5. The Morgan fingerprint density at radius 2 is 2.12 bits per heavy atom. The minimum atomic E-state index is -0.238. The molecule has 1 aromatic carbocycles. The highest BCUT2D eigenvalue weighted by Crippen LogP contribution is 2.08. The maximum Gasteiger partial charge on any atom is 0.253 e. The van der Waals surface area contributed by atoms with Crippen molar-refractivity contribution in [2.75, 3.05) is 6.54 Å². The van der Waals surface area contributed by atoms with Gasteiger partial charge < -0.3 is 5.32 Å². The molecule has 0 bridgehead atoms. The van der Waals surface area contributed by atoms with Crippen LogP contribution < -0.4 is 10.9 Å². The second kappa shape index (κ2) is 6.82. The van der Waals surface area contributed by atoms with Crippen LogP contribution in [0.1, 0.15) is 16.1 Å². The van der Waals surface area contributed by atoms with E-state index in [0.717, 1.165) is 0 Å². The van der Waals surface area contributed by atoms with Crippen molar-refractivity contribution < 1.29 is 4.79 Å². The van der Waals surface area contributed by atoms with Crippen LogP contribution in [0.5, 0.6) is 0 Å². The molecule has 0 unspecified atom stereocenters. The summed E-state index contributed by atoms with van der Waals surface area (Å²) in [7, 11) is 0. The second-order valence-electron chi connectivity index (χ2n) is 5.12. The summed E-state index contributed by atoms with van der Waals surface area (Å²) in [6.45, 7) is 2.42. The second-order valence-corrected chi connectivity index (χ2v) is 5.12. The lowest BCUT2D eigenvalue weighted by Crippen LogP contribution is -2.30. The molecule has 9 nitrogen and oxygen atoms in total. The monoisotopic (exact) mass is 325 g/mol. The smallest absolute Gasteiger partial charge is 0.253 e. The van der Waals surface area contributed by atoms with Crippen LogP contribution in [0.4, 0.5) is 0 Å². The summed E-state index contributed by atoms with van der Waals surface area (Å²) in [5.74, 6) is -0.238. The zero-order valence-electron chi connectivity index (χ0n) is 13.0. The van der Waals surface area contributed by atoms with Crippen molar-refractivity contribution in [2.45, 2.75) is 13.5 Å². The molecule has 122 valence electrons. The lowest BCUT2D eigenvalue weighted by molar-refractivity contribution is 0.0952. The summed E-state index contributed by atoms with van der Waals surface area (Å²) in [5, 5.41) is 13.7. The molecule has 9 heteroatoms. The van der Waals surface area contributed by atoms with E-state index >= 15 is 0 Å². The quantitative estimate of drug-likeness (QED) is 0.705. The maximum atomic E-state index is 12.2. The van der Waals surface area contributed by atoms with Gasteiger partial charge in [-0.15, -0.1) is 5.10 Å². The average Bonchev–Trinajstić information content (AvgIpc) is 3.11. The highest BCUT2D eigenvalue weighted by Gasteiger charge is 2.07. The summed E-state index contributed by atoms with van der Waals surface area (Å²) in [4.78, 5) is 28.0. The molecule has 3 aromatic rings. The molecule has 2 aromatic heterocycles. The number of hydrogen-bond acceptors (Lipinski definition) is 6. The molecule has 3 rings (SSSR count). The molecular weight excluding hydrogens is 310 g/mol. The third-order valence-electron chi connectivity index (χ3n) is 3.38. The number of benzene rings is 1. The Morgan fingerprint density at radius 1 is 1.25 bits per heavy atom. The van der Waals surface area contributed by atoms with Gasteiger partial charge in [0.05, 0.1) is 12.0 Å². The number of aryl methyl sites for hydroxylation is 1. The predicted molar refractivity (Wildman–Crippen MR) is 84.7 cm³/mol. The van der Waals surface area contributed by atoms with Gasteiger partial charge in [0.25, 0.3) is 11.5 Å². The Kier molecular flexibility index (Phi) is 4.41. The first-order valence-electron chi connectivity index (χ1n) is 7.28. The van der Waals surface area contributed by atoms with E-state index in [1.165, 1.54) is 28.0 Å². The minimum Gasteiger partial charge on any atom is -0.350 e. The third kappa shape index (κ3) is 3.51. The van der Waals surface area contributed by atoms with E-state index in [0.29, 0.717) is 30.0 Å². The number of amides is 1. The Morgan fingerprint density at radius 3 is 2.88 bits per heavy atom. The van der Waals surface area contributed by atoms with Crippen molar-refractivity contribution in [3.8, 4) is 5.69 Å². The van der Waals surface area contributed by atoms with Gasteiger partial charge in [-0.3, -0.25) is 14.2 Å². The molecule has 0 aliphatic rings. The highest BCUT2D eigenvalue weighted by atomic mass is 16.1. The Balaban J connectivity index is 1.63. The number of aromatic nitrogens is 6. The van der Waals surface area contributed by atoms with E-state index < -0.39 is 0 Å². The summed E-state index contributed by atoms with van der Waals surface area (Å²) >= 11 is 0. The Labute approximate surface area is 137 Å². The van der Waals surface area contributed by atoms with Gasteiger partial charge in [-0.1, -0.05) is 6.07 Å². The average molecular weight is 325 g/mol. The topological polar surface area (TPSA) is 108 Å².